The van der Waals surface area contributed by atoms with Crippen molar-refractivity contribution in [1.29, 1.82) is 0 Å². The Kier molecular flexibility index (Phi) is 3.99. The van der Waals surface area contributed by atoms with Gasteiger partial charge in [0.05, 0.1) is 5.02 Å². The summed E-state index contributed by atoms with van der Waals surface area (Å²) < 4.78 is 18.4. The highest BCUT2D eigenvalue weighted by Gasteiger charge is 2.12. The normalized spacial score (nSPS) is 11.2. The Labute approximate surface area is 110 Å². The largest absolute Gasteiger partial charge is 0.443 e. The molecule has 0 fully saturated rings. The Morgan fingerprint density at radius 1 is 1.44 bits per heavy atom. The van der Waals surface area contributed by atoms with Crippen molar-refractivity contribution < 1.29 is 8.81 Å². The van der Waals surface area contributed by atoms with Crippen LogP contribution >= 0.6 is 11.6 Å². The lowest BCUT2D eigenvalue weighted by molar-refractivity contribution is 0.562. The van der Waals surface area contributed by atoms with Crippen LogP contribution in [-0.2, 0) is 6.54 Å². The Hall–Kier alpha value is -1.39. The Balaban J connectivity index is 2.27. The van der Waals surface area contributed by atoms with Crippen LogP contribution in [-0.4, -0.2) is 11.0 Å². The Morgan fingerprint density at radius 2 is 2.22 bits per heavy atom. The van der Waals surface area contributed by atoms with E-state index < -0.39 is 5.82 Å². The van der Waals surface area contributed by atoms with Crippen molar-refractivity contribution in [3.8, 4) is 11.3 Å². The summed E-state index contributed by atoms with van der Waals surface area (Å²) in [5.74, 6) is 0.173. The van der Waals surface area contributed by atoms with E-state index >= 15 is 0 Å². The van der Waals surface area contributed by atoms with Crippen LogP contribution < -0.4 is 5.32 Å². The smallest absolute Gasteiger partial charge is 0.181 e. The molecule has 1 N–H and O–H groups in total. The molecule has 0 unspecified atom stereocenters. The average molecular weight is 269 g/mol. The van der Waals surface area contributed by atoms with Crippen LogP contribution in [0.2, 0.25) is 5.02 Å². The zero-order chi connectivity index (χ0) is 13.1. The number of nitrogens with zero attached hydrogens (tertiary/aromatic N) is 1. The number of hydrogen-bond acceptors (Lipinski definition) is 3. The molecule has 0 saturated carbocycles. The minimum Gasteiger partial charge on any atom is -0.443 e. The third-order valence-electron chi connectivity index (χ3n) is 2.50. The number of halogens is 2. The van der Waals surface area contributed by atoms with Gasteiger partial charge < -0.3 is 9.73 Å². The molecule has 0 aliphatic rings. The van der Waals surface area contributed by atoms with Crippen LogP contribution in [0.5, 0.6) is 0 Å². The van der Waals surface area contributed by atoms with Gasteiger partial charge in [0.25, 0.3) is 0 Å². The number of nitrogens with one attached hydrogen (secondary N) is 1. The van der Waals surface area contributed by atoms with Gasteiger partial charge in [0.15, 0.2) is 12.2 Å². The molecule has 0 radical (unpaired) electrons. The summed E-state index contributed by atoms with van der Waals surface area (Å²) in [6.07, 6.45) is 1.38. The van der Waals surface area contributed by atoms with Crippen molar-refractivity contribution in [2.75, 3.05) is 0 Å². The second kappa shape index (κ2) is 5.50. The molecular formula is C13H14ClFN2O. The minimum atomic E-state index is -0.443. The molecule has 0 atom stereocenters. The fourth-order valence-electron chi connectivity index (χ4n) is 1.57. The summed E-state index contributed by atoms with van der Waals surface area (Å²) in [6.45, 7) is 4.70. The summed E-state index contributed by atoms with van der Waals surface area (Å²) in [7, 11) is 0. The maximum absolute atomic E-state index is 13.1. The van der Waals surface area contributed by atoms with Crippen molar-refractivity contribution in [3.05, 3.63) is 41.1 Å². The maximum atomic E-state index is 13.1. The number of hydrogen-bond donors (Lipinski definition) is 1. The van der Waals surface area contributed by atoms with Crippen molar-refractivity contribution in [2.24, 2.45) is 0 Å². The van der Waals surface area contributed by atoms with Gasteiger partial charge in [-0.25, -0.2) is 9.37 Å². The first-order valence-electron chi connectivity index (χ1n) is 5.69. The second-order valence-electron chi connectivity index (χ2n) is 4.29. The van der Waals surface area contributed by atoms with Gasteiger partial charge in [-0.3, -0.25) is 0 Å². The van der Waals surface area contributed by atoms with Crippen LogP contribution in [0.1, 0.15) is 19.5 Å². The molecular weight excluding hydrogens is 255 g/mol. The lowest BCUT2D eigenvalue weighted by atomic mass is 10.1. The van der Waals surface area contributed by atoms with E-state index in [4.69, 9.17) is 16.0 Å². The van der Waals surface area contributed by atoms with Crippen molar-refractivity contribution in [2.45, 2.75) is 26.4 Å². The van der Waals surface area contributed by atoms with Crippen molar-refractivity contribution in [3.63, 3.8) is 0 Å². The zero-order valence-corrected chi connectivity index (χ0v) is 11.0. The first kappa shape index (κ1) is 13.1. The summed E-state index contributed by atoms with van der Waals surface area (Å²) in [5.41, 5.74) is 1.51. The highest BCUT2D eigenvalue weighted by molar-refractivity contribution is 6.31. The van der Waals surface area contributed by atoms with Crippen LogP contribution in [0.15, 0.2) is 29.0 Å². The molecule has 1 heterocycles. The standard InChI is InChI=1S/C13H14ClFN2O/c1-8(2)16-6-12-13(18-7-17-12)9-3-4-11(15)10(14)5-9/h3-5,7-8,16H,6H2,1-2H3. The summed E-state index contributed by atoms with van der Waals surface area (Å²) in [6, 6.07) is 4.84. The molecule has 18 heavy (non-hydrogen) atoms. The molecule has 2 rings (SSSR count). The van der Waals surface area contributed by atoms with Crippen LogP contribution in [0.3, 0.4) is 0 Å². The number of aromatic nitrogens is 1. The molecule has 2 aromatic rings. The number of rotatable bonds is 4. The van der Waals surface area contributed by atoms with Gasteiger partial charge in [0.1, 0.15) is 11.5 Å². The summed E-state index contributed by atoms with van der Waals surface area (Å²) in [5, 5.41) is 3.33. The quantitative estimate of drug-likeness (QED) is 0.920. The lowest BCUT2D eigenvalue weighted by Crippen LogP contribution is -2.22. The monoisotopic (exact) mass is 268 g/mol. The topological polar surface area (TPSA) is 38.1 Å². The molecule has 0 spiro atoms. The highest BCUT2D eigenvalue weighted by Crippen LogP contribution is 2.27. The fourth-order valence-corrected chi connectivity index (χ4v) is 1.75. The molecule has 3 nitrogen and oxygen atoms in total. The fraction of sp³-hybridized carbons (Fsp3) is 0.308. The van der Waals surface area contributed by atoms with E-state index in [-0.39, 0.29) is 5.02 Å². The second-order valence-corrected chi connectivity index (χ2v) is 4.70. The van der Waals surface area contributed by atoms with E-state index in [9.17, 15) is 4.39 Å². The predicted molar refractivity (Wildman–Crippen MR) is 68.9 cm³/mol. The minimum absolute atomic E-state index is 0.0756. The third-order valence-corrected chi connectivity index (χ3v) is 2.79. The van der Waals surface area contributed by atoms with E-state index in [0.717, 1.165) is 11.3 Å². The molecule has 5 heteroatoms. The first-order valence-corrected chi connectivity index (χ1v) is 6.07. The van der Waals surface area contributed by atoms with Crippen molar-refractivity contribution >= 4 is 11.6 Å². The van der Waals surface area contributed by atoms with Gasteiger partial charge in [-0.2, -0.15) is 0 Å². The lowest BCUT2D eigenvalue weighted by Gasteiger charge is -2.07. The molecule has 96 valence electrons. The SMILES string of the molecule is CC(C)NCc1ncoc1-c1ccc(F)c(Cl)c1. The van der Waals surface area contributed by atoms with E-state index in [1.165, 1.54) is 18.5 Å². The van der Waals surface area contributed by atoms with E-state index in [1.54, 1.807) is 6.07 Å². The molecule has 1 aromatic carbocycles. The molecule has 0 amide bonds. The molecule has 0 aliphatic heterocycles. The van der Waals surface area contributed by atoms with Crippen molar-refractivity contribution in [1.82, 2.24) is 10.3 Å². The molecule has 0 aliphatic carbocycles. The first-order chi connectivity index (χ1) is 8.58. The number of oxazole rings is 1. The van der Waals surface area contributed by atoms with Gasteiger partial charge in [-0.1, -0.05) is 25.4 Å². The van der Waals surface area contributed by atoms with E-state index in [1.807, 2.05) is 0 Å². The van der Waals surface area contributed by atoms with Crippen LogP contribution in [0.25, 0.3) is 11.3 Å². The maximum Gasteiger partial charge on any atom is 0.181 e. The summed E-state index contributed by atoms with van der Waals surface area (Å²) in [4.78, 5) is 4.15. The predicted octanol–water partition coefficient (Wildman–Crippen LogP) is 3.63. The van der Waals surface area contributed by atoms with Crippen LogP contribution in [0, 0.1) is 5.82 Å². The summed E-state index contributed by atoms with van der Waals surface area (Å²) >= 11 is 5.76. The van der Waals surface area contributed by atoms with Gasteiger partial charge in [0, 0.05) is 18.2 Å². The number of benzene rings is 1. The molecule has 1 aromatic heterocycles. The molecule has 0 bridgehead atoms. The van der Waals surface area contributed by atoms with Gasteiger partial charge in [-0.15, -0.1) is 0 Å². The van der Waals surface area contributed by atoms with Gasteiger partial charge in [0.2, 0.25) is 0 Å². The highest BCUT2D eigenvalue weighted by atomic mass is 35.5. The molecule has 0 saturated heterocycles. The zero-order valence-electron chi connectivity index (χ0n) is 10.2. The van der Waals surface area contributed by atoms with Gasteiger partial charge in [-0.05, 0) is 18.2 Å². The average Bonchev–Trinajstić information content (AvgIpc) is 2.78. The Bertz CT molecular complexity index is 540. The van der Waals surface area contributed by atoms with E-state index in [0.29, 0.717) is 18.3 Å². The van der Waals surface area contributed by atoms with Gasteiger partial charge >= 0.3 is 0 Å². The van der Waals surface area contributed by atoms with Crippen LogP contribution in [0.4, 0.5) is 4.39 Å². The third kappa shape index (κ3) is 2.89. The Morgan fingerprint density at radius 3 is 2.89 bits per heavy atom. The van der Waals surface area contributed by atoms with E-state index in [2.05, 4.69) is 24.1 Å².